The second kappa shape index (κ2) is 11.9. The van der Waals surface area contributed by atoms with E-state index < -0.39 is 5.41 Å². The molecule has 1 spiro atoms. The molecule has 2 aliphatic rings. The summed E-state index contributed by atoms with van der Waals surface area (Å²) in [5.74, 6) is 0. The van der Waals surface area contributed by atoms with Gasteiger partial charge in [0.2, 0.25) is 0 Å². The third-order valence-electron chi connectivity index (χ3n) is 12.5. The van der Waals surface area contributed by atoms with Crippen LogP contribution in [-0.4, -0.2) is 0 Å². The smallest absolute Gasteiger partial charge is 0.0726 e. The van der Waals surface area contributed by atoms with Crippen LogP contribution in [0.3, 0.4) is 0 Å². The Morgan fingerprint density at radius 2 is 0.679 bits per heavy atom. The van der Waals surface area contributed by atoms with Crippen LogP contribution in [0.5, 0.6) is 0 Å². The lowest BCUT2D eigenvalue weighted by molar-refractivity contribution is 0.793. The monoisotopic (exact) mass is 709 g/mol. The van der Waals surface area contributed by atoms with Crippen molar-refractivity contribution in [3.05, 3.63) is 235 Å². The normalized spacial score (nSPS) is 13.1. The van der Waals surface area contributed by atoms with Crippen molar-refractivity contribution in [2.24, 2.45) is 0 Å². The van der Waals surface area contributed by atoms with E-state index in [0.29, 0.717) is 0 Å². The van der Waals surface area contributed by atoms with Crippen molar-refractivity contribution < 1.29 is 0 Å². The first-order valence-electron chi connectivity index (χ1n) is 19.5. The summed E-state index contributed by atoms with van der Waals surface area (Å²) in [6.45, 7) is 0. The van der Waals surface area contributed by atoms with Crippen LogP contribution in [0.2, 0.25) is 0 Å². The maximum Gasteiger partial charge on any atom is 0.0726 e. The molecule has 0 fully saturated rings. The van der Waals surface area contributed by atoms with Crippen molar-refractivity contribution in [1.29, 1.82) is 0 Å². The van der Waals surface area contributed by atoms with Crippen LogP contribution in [0.1, 0.15) is 22.3 Å². The summed E-state index contributed by atoms with van der Waals surface area (Å²) in [5.41, 5.74) is 16.1. The Kier molecular flexibility index (Phi) is 6.62. The van der Waals surface area contributed by atoms with Gasteiger partial charge in [0.1, 0.15) is 0 Å². The van der Waals surface area contributed by atoms with E-state index in [4.69, 9.17) is 0 Å². The van der Waals surface area contributed by atoms with Crippen molar-refractivity contribution >= 4 is 49.4 Å². The van der Waals surface area contributed by atoms with E-state index in [1.54, 1.807) is 0 Å². The molecule has 0 saturated heterocycles. The number of fused-ring (bicyclic) bond motifs is 16. The molecule has 12 rings (SSSR count). The number of hydrogen-bond acceptors (Lipinski definition) is 1. The van der Waals surface area contributed by atoms with Gasteiger partial charge in [-0.15, -0.1) is 0 Å². The summed E-state index contributed by atoms with van der Waals surface area (Å²) in [6, 6.07) is 78.7. The SMILES string of the molecule is c1ccc(N(c2ccc(-c3cccc4c5ccccc5c5ccccc5c34)cc2)c2ccc3c(c2)C2(c4ccccc4-c4ccccc42)c2ccccc2-3)cc1. The highest BCUT2D eigenvalue weighted by atomic mass is 15.1. The van der Waals surface area contributed by atoms with Crippen LogP contribution in [0.15, 0.2) is 212 Å². The summed E-state index contributed by atoms with van der Waals surface area (Å²) in [7, 11) is 0. The number of hydrogen-bond donors (Lipinski definition) is 0. The van der Waals surface area contributed by atoms with Crippen molar-refractivity contribution in [3.8, 4) is 33.4 Å². The molecule has 0 heterocycles. The Bertz CT molecular complexity index is 3080. The number of nitrogens with zero attached hydrogens (tertiary/aromatic N) is 1. The first-order chi connectivity index (χ1) is 27.8. The van der Waals surface area contributed by atoms with Crippen LogP contribution >= 0.6 is 0 Å². The second-order valence-electron chi connectivity index (χ2n) is 15.2. The highest BCUT2D eigenvalue weighted by Gasteiger charge is 2.51. The molecule has 0 aliphatic heterocycles. The summed E-state index contributed by atoms with van der Waals surface area (Å²) in [4.78, 5) is 2.42. The Balaban J connectivity index is 1.05. The van der Waals surface area contributed by atoms with Crippen LogP contribution in [0.4, 0.5) is 17.1 Å². The van der Waals surface area contributed by atoms with E-state index in [9.17, 15) is 0 Å². The second-order valence-corrected chi connectivity index (χ2v) is 15.2. The molecule has 0 bridgehead atoms. The number of para-hydroxylation sites is 1. The average Bonchev–Trinajstić information content (AvgIpc) is 3.74. The van der Waals surface area contributed by atoms with Gasteiger partial charge in [-0.1, -0.05) is 176 Å². The van der Waals surface area contributed by atoms with Gasteiger partial charge in [0.25, 0.3) is 0 Å². The molecule has 0 saturated carbocycles. The predicted molar refractivity (Wildman–Crippen MR) is 235 cm³/mol. The zero-order valence-electron chi connectivity index (χ0n) is 30.7. The third-order valence-corrected chi connectivity index (χ3v) is 12.5. The Morgan fingerprint density at radius 3 is 1.27 bits per heavy atom. The van der Waals surface area contributed by atoms with Gasteiger partial charge >= 0.3 is 0 Å². The summed E-state index contributed by atoms with van der Waals surface area (Å²) >= 11 is 0. The zero-order valence-corrected chi connectivity index (χ0v) is 30.7. The molecule has 10 aromatic rings. The van der Waals surface area contributed by atoms with Gasteiger partial charge in [-0.05, 0) is 124 Å². The topological polar surface area (TPSA) is 3.24 Å². The average molecular weight is 710 g/mol. The van der Waals surface area contributed by atoms with Crippen LogP contribution in [0.25, 0.3) is 65.7 Å². The van der Waals surface area contributed by atoms with E-state index in [1.165, 1.54) is 88.0 Å². The lowest BCUT2D eigenvalue weighted by Crippen LogP contribution is -2.26. The molecular formula is C55H35N. The molecule has 0 radical (unpaired) electrons. The fraction of sp³-hybridized carbons (Fsp3) is 0.0182. The van der Waals surface area contributed by atoms with E-state index in [-0.39, 0.29) is 0 Å². The van der Waals surface area contributed by atoms with Crippen LogP contribution in [-0.2, 0) is 5.41 Å². The molecule has 0 N–H and O–H groups in total. The number of anilines is 3. The molecule has 1 heteroatoms. The molecule has 0 unspecified atom stereocenters. The number of benzene rings is 10. The fourth-order valence-electron chi connectivity index (χ4n) is 10.2. The lowest BCUT2D eigenvalue weighted by Gasteiger charge is -2.32. The lowest BCUT2D eigenvalue weighted by atomic mass is 9.70. The summed E-state index contributed by atoms with van der Waals surface area (Å²) in [6.07, 6.45) is 0. The minimum Gasteiger partial charge on any atom is -0.310 e. The first-order valence-corrected chi connectivity index (χ1v) is 19.5. The van der Waals surface area contributed by atoms with Gasteiger partial charge in [0.05, 0.1) is 5.41 Å². The molecule has 0 amide bonds. The molecule has 260 valence electrons. The van der Waals surface area contributed by atoms with Crippen LogP contribution in [0, 0.1) is 0 Å². The van der Waals surface area contributed by atoms with Gasteiger partial charge in [-0.25, -0.2) is 0 Å². The van der Waals surface area contributed by atoms with Crippen molar-refractivity contribution in [3.63, 3.8) is 0 Å². The zero-order chi connectivity index (χ0) is 36.8. The highest BCUT2D eigenvalue weighted by Crippen LogP contribution is 2.63. The Labute approximate surface area is 326 Å². The van der Waals surface area contributed by atoms with Crippen molar-refractivity contribution in [1.82, 2.24) is 0 Å². The Hall–Kier alpha value is -7.22. The minimum atomic E-state index is -0.400. The van der Waals surface area contributed by atoms with Gasteiger partial charge in [0.15, 0.2) is 0 Å². The minimum absolute atomic E-state index is 0.400. The first kappa shape index (κ1) is 31.2. The van der Waals surface area contributed by atoms with E-state index in [2.05, 4.69) is 217 Å². The van der Waals surface area contributed by atoms with Crippen molar-refractivity contribution in [2.45, 2.75) is 5.41 Å². The Morgan fingerprint density at radius 1 is 0.268 bits per heavy atom. The highest BCUT2D eigenvalue weighted by molar-refractivity contribution is 6.28. The third kappa shape index (κ3) is 4.20. The van der Waals surface area contributed by atoms with Gasteiger partial charge in [-0.2, -0.15) is 0 Å². The van der Waals surface area contributed by atoms with Crippen molar-refractivity contribution in [2.75, 3.05) is 4.90 Å². The summed E-state index contributed by atoms with van der Waals surface area (Å²) < 4.78 is 0. The molecule has 56 heavy (non-hydrogen) atoms. The molecule has 0 atom stereocenters. The maximum atomic E-state index is 2.47. The quantitative estimate of drug-likeness (QED) is 0.164. The molecule has 1 nitrogen and oxygen atoms in total. The van der Waals surface area contributed by atoms with Crippen LogP contribution < -0.4 is 4.90 Å². The van der Waals surface area contributed by atoms with Gasteiger partial charge in [0, 0.05) is 17.1 Å². The predicted octanol–water partition coefficient (Wildman–Crippen LogP) is 14.6. The molecule has 10 aromatic carbocycles. The van der Waals surface area contributed by atoms with E-state index in [1.807, 2.05) is 0 Å². The van der Waals surface area contributed by atoms with Gasteiger partial charge < -0.3 is 4.90 Å². The molecule has 0 aromatic heterocycles. The molecular weight excluding hydrogens is 675 g/mol. The number of rotatable bonds is 4. The van der Waals surface area contributed by atoms with Gasteiger partial charge in [-0.3, -0.25) is 0 Å². The van der Waals surface area contributed by atoms with E-state index in [0.717, 1.165) is 17.1 Å². The maximum absolute atomic E-state index is 2.47. The largest absolute Gasteiger partial charge is 0.310 e. The molecule has 2 aliphatic carbocycles. The van der Waals surface area contributed by atoms with E-state index >= 15 is 0 Å². The fourth-order valence-corrected chi connectivity index (χ4v) is 10.2. The standard InChI is InChI=1S/C55H35N/c1-2-15-37(16-3-1)56(38-31-29-36(30-32-38)40-24-14-25-49-43-18-5-4-17-41(43)42-19-6-7-23-48(42)54(40)49)39-33-34-47-46-22-10-13-28-52(46)55(53(47)35-39)50-26-11-8-20-44(50)45-21-9-12-27-51(45)55/h1-35H. The summed E-state index contributed by atoms with van der Waals surface area (Å²) in [5, 5.41) is 7.75.